The van der Waals surface area contributed by atoms with Gasteiger partial charge in [-0.1, -0.05) is 23.7 Å². The highest BCUT2D eigenvalue weighted by Crippen LogP contribution is 2.36. The third-order valence-electron chi connectivity index (χ3n) is 6.99. The number of carbonyl (C=O) groups excluding carboxylic acids is 1. The van der Waals surface area contributed by atoms with Crippen molar-refractivity contribution in [3.63, 3.8) is 0 Å². The Morgan fingerprint density at radius 1 is 1.03 bits per heavy atom. The summed E-state index contributed by atoms with van der Waals surface area (Å²) >= 11 is 6.57. The zero-order valence-electron chi connectivity index (χ0n) is 18.2. The van der Waals surface area contributed by atoms with Crippen LogP contribution in [0.3, 0.4) is 0 Å². The molecule has 2 atom stereocenters. The third-order valence-corrected chi connectivity index (χ3v) is 7.30. The lowest BCUT2D eigenvalue weighted by atomic mass is 10.0. The number of hydrogen-bond donors (Lipinski definition) is 2. The van der Waals surface area contributed by atoms with Crippen LogP contribution in [0.1, 0.15) is 18.4 Å². The molecule has 178 valence electrons. The Morgan fingerprint density at radius 3 is 2.30 bits per heavy atom. The van der Waals surface area contributed by atoms with Gasteiger partial charge < -0.3 is 24.9 Å². The van der Waals surface area contributed by atoms with E-state index in [1.165, 1.54) is 12.1 Å². The van der Waals surface area contributed by atoms with Gasteiger partial charge in [0.1, 0.15) is 6.17 Å². The molecule has 33 heavy (non-hydrogen) atoms. The normalized spacial score (nSPS) is 23.8. The molecule has 1 amide bonds. The second-order valence-electron chi connectivity index (χ2n) is 9.23. The zero-order valence-corrected chi connectivity index (χ0v) is 19.0. The summed E-state index contributed by atoms with van der Waals surface area (Å²) in [6.45, 7) is 4.94. The van der Waals surface area contributed by atoms with Gasteiger partial charge in [-0.25, -0.2) is 9.18 Å². The molecule has 2 unspecified atom stereocenters. The van der Waals surface area contributed by atoms with E-state index < -0.39 is 12.3 Å². The van der Waals surface area contributed by atoms with Crippen molar-refractivity contribution < 1.29 is 24.2 Å². The number of nitrogens with zero attached hydrogens (tertiary/aromatic N) is 4. The van der Waals surface area contributed by atoms with Crippen LogP contribution in [-0.2, 0) is 6.54 Å². The predicted octanol–water partition coefficient (Wildman–Crippen LogP) is 3.10. The van der Waals surface area contributed by atoms with Crippen LogP contribution in [0.25, 0.3) is 0 Å². The Bertz CT molecular complexity index is 992. The topological polar surface area (TPSA) is 81.4 Å². The number of amides is 1. The monoisotopic (exact) mass is 478 g/mol. The highest BCUT2D eigenvalue weighted by molar-refractivity contribution is 6.33. The van der Waals surface area contributed by atoms with Gasteiger partial charge >= 0.3 is 6.09 Å². The molecule has 5 rings (SSSR count). The summed E-state index contributed by atoms with van der Waals surface area (Å²) in [4.78, 5) is 23.8. The first kappa shape index (κ1) is 22.2. The molecular formula is C23H28ClFN4O4. The number of alkyl halides is 1. The number of piperidine rings is 1. The minimum absolute atomic E-state index is 0.328. The van der Waals surface area contributed by atoms with E-state index in [0.717, 1.165) is 35.6 Å². The number of rotatable bonds is 4. The molecule has 0 bridgehead atoms. The number of fused-ring (bicyclic) bond motifs is 1. The quantitative estimate of drug-likeness (QED) is 0.703. The molecule has 0 radical (unpaired) electrons. The summed E-state index contributed by atoms with van der Waals surface area (Å²) < 4.78 is 14.4. The van der Waals surface area contributed by atoms with Gasteiger partial charge in [0, 0.05) is 57.9 Å². The van der Waals surface area contributed by atoms with E-state index in [4.69, 9.17) is 16.4 Å². The number of hydrogen-bond acceptors (Lipinski definition) is 6. The van der Waals surface area contributed by atoms with Gasteiger partial charge in [-0.15, -0.1) is 4.73 Å². The zero-order chi connectivity index (χ0) is 23.1. The highest BCUT2D eigenvalue weighted by atomic mass is 35.5. The van der Waals surface area contributed by atoms with E-state index in [-0.39, 0.29) is 11.8 Å². The molecule has 2 N–H and O–H groups in total. The fourth-order valence-electron chi connectivity index (χ4n) is 5.35. The SMILES string of the molecule is O=C(On1c(O)ccc1O)N1CC2CN(Cc3cccc(Cl)c3N3CCC(F)CC3)CC2C1. The average Bonchev–Trinajstić information content (AvgIpc) is 3.44. The molecule has 3 fully saturated rings. The first-order valence-electron chi connectivity index (χ1n) is 11.3. The number of benzene rings is 1. The largest absolute Gasteiger partial charge is 0.492 e. The summed E-state index contributed by atoms with van der Waals surface area (Å²) in [5.41, 5.74) is 2.16. The maximum atomic E-state index is 13.6. The number of aromatic hydroxyl groups is 2. The summed E-state index contributed by atoms with van der Waals surface area (Å²) in [5.74, 6) is -0.0115. The lowest BCUT2D eigenvalue weighted by molar-refractivity contribution is 0.0774. The maximum absolute atomic E-state index is 13.6. The summed E-state index contributed by atoms with van der Waals surface area (Å²) in [5, 5.41) is 20.1. The molecule has 8 nitrogen and oxygen atoms in total. The first-order valence-corrected chi connectivity index (χ1v) is 11.7. The van der Waals surface area contributed by atoms with Crippen molar-refractivity contribution >= 4 is 23.4 Å². The lowest BCUT2D eigenvalue weighted by Crippen LogP contribution is -2.38. The Balaban J connectivity index is 1.20. The fourth-order valence-corrected chi connectivity index (χ4v) is 5.67. The minimum Gasteiger partial charge on any atom is -0.492 e. The van der Waals surface area contributed by atoms with E-state index in [0.29, 0.717) is 55.9 Å². The van der Waals surface area contributed by atoms with Crippen LogP contribution in [-0.4, -0.2) is 76.3 Å². The van der Waals surface area contributed by atoms with Crippen molar-refractivity contribution in [3.8, 4) is 11.8 Å². The van der Waals surface area contributed by atoms with Gasteiger partial charge in [-0.2, -0.15) is 0 Å². The lowest BCUT2D eigenvalue weighted by Gasteiger charge is -2.33. The van der Waals surface area contributed by atoms with E-state index in [9.17, 15) is 19.4 Å². The van der Waals surface area contributed by atoms with Crippen molar-refractivity contribution in [2.24, 2.45) is 11.8 Å². The van der Waals surface area contributed by atoms with Gasteiger partial charge in [-0.05, 0) is 36.3 Å². The molecule has 3 aliphatic rings. The van der Waals surface area contributed by atoms with E-state index >= 15 is 0 Å². The third kappa shape index (κ3) is 4.44. The van der Waals surface area contributed by atoms with Crippen molar-refractivity contribution in [2.75, 3.05) is 44.2 Å². The molecule has 2 aromatic rings. The van der Waals surface area contributed by atoms with Crippen LogP contribution in [0.15, 0.2) is 30.3 Å². The smallest absolute Gasteiger partial charge is 0.434 e. The molecule has 3 aliphatic heterocycles. The van der Waals surface area contributed by atoms with Gasteiger partial charge in [-0.3, -0.25) is 4.90 Å². The molecule has 1 aromatic heterocycles. The van der Waals surface area contributed by atoms with Crippen LogP contribution in [0.5, 0.6) is 11.8 Å². The molecule has 3 saturated heterocycles. The van der Waals surface area contributed by atoms with Crippen LogP contribution in [0.4, 0.5) is 14.9 Å². The van der Waals surface area contributed by atoms with Gasteiger partial charge in [0.15, 0.2) is 0 Å². The van der Waals surface area contributed by atoms with Crippen molar-refractivity contribution in [3.05, 3.63) is 40.9 Å². The van der Waals surface area contributed by atoms with Gasteiger partial charge in [0.05, 0.1) is 10.7 Å². The summed E-state index contributed by atoms with van der Waals surface area (Å²) in [6, 6.07) is 8.46. The number of para-hydroxylation sites is 1. The van der Waals surface area contributed by atoms with E-state index in [1.807, 2.05) is 12.1 Å². The molecular weight excluding hydrogens is 451 g/mol. The summed E-state index contributed by atoms with van der Waals surface area (Å²) in [6.07, 6.45) is -0.261. The molecule has 0 aliphatic carbocycles. The van der Waals surface area contributed by atoms with Crippen molar-refractivity contribution in [2.45, 2.75) is 25.6 Å². The maximum Gasteiger partial charge on any atom is 0.434 e. The van der Waals surface area contributed by atoms with Crippen LogP contribution < -0.4 is 9.74 Å². The molecule has 0 saturated carbocycles. The van der Waals surface area contributed by atoms with Crippen LogP contribution >= 0.6 is 11.6 Å². The number of halogens is 2. The van der Waals surface area contributed by atoms with E-state index in [2.05, 4.69) is 15.9 Å². The predicted molar refractivity (Wildman–Crippen MR) is 121 cm³/mol. The van der Waals surface area contributed by atoms with Gasteiger partial charge in [0.25, 0.3) is 0 Å². The Hall–Kier alpha value is -2.65. The summed E-state index contributed by atoms with van der Waals surface area (Å²) in [7, 11) is 0. The van der Waals surface area contributed by atoms with Crippen molar-refractivity contribution in [1.82, 2.24) is 14.5 Å². The Morgan fingerprint density at radius 2 is 1.67 bits per heavy atom. The number of likely N-dealkylation sites (tertiary alicyclic amines) is 2. The molecule has 0 spiro atoms. The number of aromatic nitrogens is 1. The van der Waals surface area contributed by atoms with E-state index in [1.54, 1.807) is 4.90 Å². The van der Waals surface area contributed by atoms with Gasteiger partial charge in [0.2, 0.25) is 11.8 Å². The minimum atomic E-state index is -0.731. The standard InChI is InChI=1S/C23H28ClFN4O4/c24-19-3-1-2-15(22(19)27-8-6-18(25)7-9-27)10-26-11-16-13-28(14-17(16)12-26)23(32)33-29-20(30)4-5-21(29)31/h1-5,16-18,30-31H,6-14H2. The fraction of sp³-hybridized carbons (Fsp3) is 0.522. The Kier molecular flexibility index (Phi) is 6.01. The Labute approximate surface area is 196 Å². The molecule has 4 heterocycles. The van der Waals surface area contributed by atoms with Crippen molar-refractivity contribution in [1.29, 1.82) is 0 Å². The van der Waals surface area contributed by atoms with Crippen LogP contribution in [0, 0.1) is 11.8 Å². The molecule has 1 aromatic carbocycles. The number of anilines is 1. The number of carbonyl (C=O) groups is 1. The second kappa shape index (κ2) is 8.95. The van der Waals surface area contributed by atoms with Crippen LogP contribution in [0.2, 0.25) is 5.02 Å². The second-order valence-corrected chi connectivity index (χ2v) is 9.64. The molecule has 10 heteroatoms. The average molecular weight is 479 g/mol. The first-order chi connectivity index (χ1) is 15.9. The highest BCUT2D eigenvalue weighted by Gasteiger charge is 2.42.